The highest BCUT2D eigenvalue weighted by molar-refractivity contribution is 14.1. The largest absolute Gasteiger partial charge is 0.477 e. The number of hydrogen-bond acceptors (Lipinski definition) is 11. The van der Waals surface area contributed by atoms with Crippen LogP contribution in [0.2, 0.25) is 0 Å². The number of anilines is 1. The number of nitrogens with two attached hydrogens (primary N) is 1. The van der Waals surface area contributed by atoms with E-state index in [1.165, 1.54) is 50.4 Å². The smallest absolute Gasteiger partial charge is 0.354 e. The highest BCUT2D eigenvalue weighted by Crippen LogP contribution is 2.16. The maximum Gasteiger partial charge on any atom is 0.354 e. The van der Waals surface area contributed by atoms with Gasteiger partial charge in [0.1, 0.15) is 29.5 Å². The lowest BCUT2D eigenvalue weighted by atomic mass is 10.3. The maximum absolute atomic E-state index is 11.8. The molecule has 280 valence electrons. The number of nitro groups is 2. The van der Waals surface area contributed by atoms with Gasteiger partial charge in [-0.1, -0.05) is 69.5 Å². The van der Waals surface area contributed by atoms with Crippen molar-refractivity contribution in [3.05, 3.63) is 92.3 Å². The number of carbonyl (C=O) groups is 3. The van der Waals surface area contributed by atoms with Gasteiger partial charge >= 0.3 is 5.97 Å². The molecule has 0 unspecified atom stereocenters. The van der Waals surface area contributed by atoms with Crippen LogP contribution in [0.3, 0.4) is 0 Å². The van der Waals surface area contributed by atoms with Crippen molar-refractivity contribution < 1.29 is 29.3 Å². The van der Waals surface area contributed by atoms with Crippen molar-refractivity contribution in [1.29, 1.82) is 0 Å². The zero-order valence-corrected chi connectivity index (χ0v) is 29.4. The Hall–Kier alpha value is -4.81. The van der Waals surface area contributed by atoms with Crippen molar-refractivity contribution in [3.8, 4) is 0 Å². The Morgan fingerprint density at radius 2 is 0.961 bits per heavy atom. The van der Waals surface area contributed by atoms with Crippen LogP contribution in [0.4, 0.5) is 17.1 Å². The van der Waals surface area contributed by atoms with Gasteiger partial charge in [-0.05, 0) is 54.9 Å². The van der Waals surface area contributed by atoms with Crippen LogP contribution in [-0.2, 0) is 0 Å². The summed E-state index contributed by atoms with van der Waals surface area (Å²) in [5.74, 6) is -1.33. The van der Waals surface area contributed by atoms with Crippen LogP contribution in [0.1, 0.15) is 104 Å². The Kier molecular flexibility index (Phi) is 22.8. The van der Waals surface area contributed by atoms with E-state index in [0.717, 1.165) is 76.4 Å². The average molecular weight is 825 g/mol. The van der Waals surface area contributed by atoms with Gasteiger partial charge in [0.15, 0.2) is 0 Å². The van der Waals surface area contributed by atoms with Gasteiger partial charge in [0.2, 0.25) is 0 Å². The second-order valence-electron chi connectivity index (χ2n) is 10.9. The summed E-state index contributed by atoms with van der Waals surface area (Å²) in [5, 5.41) is 28.9. The number of alkyl halides is 1. The highest BCUT2D eigenvalue weighted by Gasteiger charge is 2.21. The summed E-state index contributed by atoms with van der Waals surface area (Å²) in [6.45, 7) is 3.20. The van der Waals surface area contributed by atoms with E-state index >= 15 is 0 Å². The molecular formula is C34H49IN8O8. The van der Waals surface area contributed by atoms with E-state index in [-0.39, 0.29) is 49.4 Å². The van der Waals surface area contributed by atoms with Crippen molar-refractivity contribution >= 4 is 57.4 Å². The van der Waals surface area contributed by atoms with Gasteiger partial charge in [-0.25, -0.2) is 19.7 Å². The fourth-order valence-corrected chi connectivity index (χ4v) is 4.82. The number of hydrogen-bond donors (Lipinski definition) is 2. The molecule has 3 aromatic heterocycles. The first-order valence-corrected chi connectivity index (χ1v) is 17.8. The average Bonchev–Trinajstić information content (AvgIpc) is 3.96. The molecule has 1 aliphatic carbocycles. The Bertz CT molecular complexity index is 1450. The first-order valence-electron chi connectivity index (χ1n) is 15.7. The first kappa shape index (κ1) is 46.2. The quantitative estimate of drug-likeness (QED) is 0.114. The van der Waals surface area contributed by atoms with Gasteiger partial charge in [-0.2, -0.15) is 0 Å². The van der Waals surface area contributed by atoms with Crippen molar-refractivity contribution in [2.45, 2.75) is 72.6 Å². The number of nitrogen functional groups attached to an aromatic ring is 1. The molecular weight excluding hydrogens is 775 g/mol. The lowest BCUT2D eigenvalue weighted by Crippen LogP contribution is -2.28. The monoisotopic (exact) mass is 824 g/mol. The number of carboxylic acids is 1. The fraction of sp³-hybridized carbons (Fsp3) is 0.471. The van der Waals surface area contributed by atoms with Crippen LogP contribution in [0, 0.1) is 20.2 Å². The number of aromatic carboxylic acids is 1. The second kappa shape index (κ2) is 25.2. The van der Waals surface area contributed by atoms with Crippen LogP contribution >= 0.6 is 22.6 Å². The molecule has 16 nitrogen and oxygen atoms in total. The van der Waals surface area contributed by atoms with Gasteiger partial charge in [-0.3, -0.25) is 29.8 Å². The van der Waals surface area contributed by atoms with Crippen molar-refractivity contribution in [2.24, 2.45) is 0 Å². The number of carboxylic acid groups (broad SMARTS) is 1. The number of likely N-dealkylation sites (tertiary alicyclic amines) is 2. The van der Waals surface area contributed by atoms with Crippen LogP contribution in [-0.4, -0.2) is 88.6 Å². The molecule has 3 N–H and O–H groups in total. The molecule has 2 aliphatic heterocycles. The number of nitrogens with zero attached hydrogens (tertiary/aromatic N) is 7. The lowest BCUT2D eigenvalue weighted by molar-refractivity contribution is -0.385. The van der Waals surface area contributed by atoms with E-state index in [9.17, 15) is 34.6 Å². The molecule has 0 bridgehead atoms. The second-order valence-corrected chi connectivity index (χ2v) is 10.9. The zero-order chi connectivity index (χ0) is 36.2. The fourth-order valence-electron chi connectivity index (χ4n) is 4.82. The minimum absolute atomic E-state index is 0. The SMILES string of the molecule is C.C.C1CCCC1.CI.Nc1ccc(C(=O)N2CCCC2)nc1.O=C(O)c1ccc([N+](=O)[O-])cn1.O=C(c1ccc([N+](=O)[O-])cn1)N1CCCC1. The summed E-state index contributed by atoms with van der Waals surface area (Å²) in [4.78, 5) is 69.9. The van der Waals surface area contributed by atoms with E-state index in [1.54, 1.807) is 17.0 Å². The Labute approximate surface area is 312 Å². The molecule has 0 spiro atoms. The summed E-state index contributed by atoms with van der Waals surface area (Å²) >= 11 is 2.15. The third kappa shape index (κ3) is 16.2. The third-order valence-corrected chi connectivity index (χ3v) is 7.40. The number of aromatic nitrogens is 3. The molecule has 3 aromatic rings. The molecule has 2 amide bonds. The molecule has 0 atom stereocenters. The predicted molar refractivity (Wildman–Crippen MR) is 204 cm³/mol. The van der Waals surface area contributed by atoms with E-state index in [0.29, 0.717) is 11.4 Å². The van der Waals surface area contributed by atoms with Gasteiger partial charge < -0.3 is 20.6 Å². The van der Waals surface area contributed by atoms with E-state index in [2.05, 4.69) is 37.5 Å². The van der Waals surface area contributed by atoms with E-state index < -0.39 is 15.8 Å². The number of amides is 2. The number of pyridine rings is 3. The minimum Gasteiger partial charge on any atom is -0.477 e. The van der Waals surface area contributed by atoms with E-state index in [1.807, 2.05) is 9.83 Å². The molecule has 3 aliphatic rings. The van der Waals surface area contributed by atoms with Crippen LogP contribution < -0.4 is 5.73 Å². The number of carbonyl (C=O) groups excluding carboxylic acids is 2. The van der Waals surface area contributed by atoms with Crippen molar-refractivity contribution in [3.63, 3.8) is 0 Å². The molecule has 0 radical (unpaired) electrons. The lowest BCUT2D eigenvalue weighted by Gasteiger charge is -2.14. The molecule has 17 heteroatoms. The Morgan fingerprint density at radius 3 is 1.24 bits per heavy atom. The zero-order valence-electron chi connectivity index (χ0n) is 27.3. The number of halogens is 1. The molecule has 6 rings (SSSR count). The first-order chi connectivity index (χ1) is 23.6. The molecule has 3 fully saturated rings. The highest BCUT2D eigenvalue weighted by atomic mass is 127. The van der Waals surface area contributed by atoms with E-state index in [4.69, 9.17) is 10.8 Å². The Balaban J connectivity index is 0.000000664. The normalized spacial score (nSPS) is 13.8. The van der Waals surface area contributed by atoms with Crippen LogP contribution in [0.5, 0.6) is 0 Å². The maximum atomic E-state index is 11.8. The molecule has 1 saturated carbocycles. The topological polar surface area (TPSA) is 229 Å². The summed E-state index contributed by atoms with van der Waals surface area (Å²) < 4.78 is 0. The van der Waals surface area contributed by atoms with Gasteiger partial charge in [0.25, 0.3) is 23.2 Å². The summed E-state index contributed by atoms with van der Waals surface area (Å²) in [6, 6.07) is 8.26. The molecule has 0 aromatic carbocycles. The predicted octanol–water partition coefficient (Wildman–Crippen LogP) is 7.09. The van der Waals surface area contributed by atoms with Gasteiger partial charge in [0.05, 0.1) is 21.7 Å². The summed E-state index contributed by atoms with van der Waals surface area (Å²) in [6.07, 6.45) is 15.3. The minimum atomic E-state index is -1.20. The van der Waals surface area contributed by atoms with Crippen LogP contribution in [0.15, 0.2) is 55.0 Å². The number of rotatable bonds is 5. The molecule has 51 heavy (non-hydrogen) atoms. The molecule has 2 saturated heterocycles. The third-order valence-electron chi connectivity index (χ3n) is 7.40. The van der Waals surface area contributed by atoms with Gasteiger partial charge in [0, 0.05) is 38.3 Å². The Morgan fingerprint density at radius 1 is 0.627 bits per heavy atom. The standard InChI is InChI=1S/C10H11N3O3.C10H13N3O.C6H4N2O4.C5H10.CH3I.2CH4/c14-10(12-5-1-2-6-12)9-4-3-8(7-11-9)13(15)16;11-8-3-4-9(12-7-8)10(14)13-5-1-2-6-13;9-6(10)5-2-1-4(3-7-5)8(11)12;1-2-4-5-3-1;1-2;;/h3-4,7H,1-2,5-6H2;3-4,7H,1-2,5-6,11H2;1-3H,(H,9,10);1-5H2;1H3;2*1H4. The summed E-state index contributed by atoms with van der Waals surface area (Å²) in [7, 11) is 0. The molecule has 5 heterocycles. The van der Waals surface area contributed by atoms with Crippen molar-refractivity contribution in [2.75, 3.05) is 36.8 Å². The summed E-state index contributed by atoms with van der Waals surface area (Å²) in [5.41, 5.74) is 6.31. The van der Waals surface area contributed by atoms with Crippen LogP contribution in [0.25, 0.3) is 0 Å². The van der Waals surface area contributed by atoms with Crippen molar-refractivity contribution in [1.82, 2.24) is 24.8 Å². The van der Waals surface area contributed by atoms with Gasteiger partial charge in [-0.15, -0.1) is 0 Å².